The molecule has 1 unspecified atom stereocenters. The Balaban J connectivity index is 1.45. The number of allylic oxidation sites excluding steroid dienone is 2. The highest BCUT2D eigenvalue weighted by atomic mass is 16.4. The number of amides is 1. The zero-order chi connectivity index (χ0) is 25.6. The normalized spacial score (nSPS) is 15.1. The molecule has 0 spiro atoms. The number of hydrogen-bond donors (Lipinski definition) is 2. The number of aromatic nitrogens is 1. The minimum absolute atomic E-state index is 0.192. The molecule has 0 saturated heterocycles. The molecular formula is C31H28N2O4. The van der Waals surface area contributed by atoms with Crippen molar-refractivity contribution < 1.29 is 19.1 Å². The van der Waals surface area contributed by atoms with Gasteiger partial charge in [0.25, 0.3) is 5.91 Å². The molecule has 3 aromatic carbocycles. The van der Waals surface area contributed by atoms with Crippen LogP contribution in [-0.2, 0) is 11.2 Å². The molecule has 2 N–H and O–H groups in total. The van der Waals surface area contributed by atoms with Crippen LogP contribution in [0, 0.1) is 5.92 Å². The lowest BCUT2D eigenvalue weighted by Gasteiger charge is -2.22. The van der Waals surface area contributed by atoms with Crippen LogP contribution in [0.2, 0.25) is 0 Å². The molecule has 0 radical (unpaired) electrons. The quantitative estimate of drug-likeness (QED) is 0.303. The first kappa shape index (κ1) is 24.3. The second-order valence-corrected chi connectivity index (χ2v) is 9.20. The minimum atomic E-state index is -1.07. The van der Waals surface area contributed by atoms with E-state index in [1.165, 1.54) is 0 Å². The number of carboxylic acid groups (broad SMARTS) is 1. The van der Waals surface area contributed by atoms with Gasteiger partial charge in [0.2, 0.25) is 5.89 Å². The maximum Gasteiger partial charge on any atom is 0.322 e. The highest BCUT2D eigenvalue weighted by Crippen LogP contribution is 2.40. The first-order chi connectivity index (χ1) is 18.1. The van der Waals surface area contributed by atoms with E-state index in [-0.39, 0.29) is 5.92 Å². The molecule has 1 atom stereocenters. The summed E-state index contributed by atoms with van der Waals surface area (Å²) in [5, 5.41) is 11.3. The van der Waals surface area contributed by atoms with Crippen LogP contribution in [0.3, 0.4) is 0 Å². The van der Waals surface area contributed by atoms with Crippen LogP contribution in [0.25, 0.3) is 28.2 Å². The third-order valence-electron chi connectivity index (χ3n) is 6.59. The molecule has 0 bridgehead atoms. The summed E-state index contributed by atoms with van der Waals surface area (Å²) in [5.41, 5.74) is 5.36. The molecule has 4 aromatic rings. The Labute approximate surface area is 215 Å². The Morgan fingerprint density at radius 2 is 1.68 bits per heavy atom. The van der Waals surface area contributed by atoms with Crippen molar-refractivity contribution in [1.29, 1.82) is 0 Å². The molecule has 6 nitrogen and oxygen atoms in total. The van der Waals surface area contributed by atoms with Gasteiger partial charge in [-0.3, -0.25) is 9.59 Å². The fourth-order valence-corrected chi connectivity index (χ4v) is 4.82. The predicted molar refractivity (Wildman–Crippen MR) is 143 cm³/mol. The average Bonchev–Trinajstić information content (AvgIpc) is 3.38. The topological polar surface area (TPSA) is 92.4 Å². The molecule has 1 heterocycles. The van der Waals surface area contributed by atoms with E-state index in [4.69, 9.17) is 14.5 Å². The molecule has 0 aliphatic heterocycles. The molecule has 186 valence electrons. The van der Waals surface area contributed by atoms with Gasteiger partial charge in [-0.2, -0.15) is 0 Å². The number of carbonyl (C=O) groups is 2. The molecule has 1 aliphatic carbocycles. The van der Waals surface area contributed by atoms with Gasteiger partial charge in [-0.05, 0) is 49.3 Å². The molecule has 1 aromatic heterocycles. The van der Waals surface area contributed by atoms with Gasteiger partial charge in [-0.25, -0.2) is 4.98 Å². The van der Waals surface area contributed by atoms with Crippen LogP contribution in [-0.4, -0.2) is 28.5 Å². The molecule has 1 aliphatic rings. The Kier molecular flexibility index (Phi) is 7.26. The van der Waals surface area contributed by atoms with Gasteiger partial charge in [0.1, 0.15) is 12.2 Å². The zero-order valence-corrected chi connectivity index (χ0v) is 20.4. The van der Waals surface area contributed by atoms with Crippen molar-refractivity contribution >= 4 is 17.4 Å². The van der Waals surface area contributed by atoms with Crippen LogP contribution in [0.5, 0.6) is 0 Å². The number of carboxylic acids is 1. The van der Waals surface area contributed by atoms with Crippen molar-refractivity contribution in [1.82, 2.24) is 10.3 Å². The largest absolute Gasteiger partial charge is 0.480 e. The number of carbonyl (C=O) groups excluding carboxylic acids is 1. The van der Waals surface area contributed by atoms with Gasteiger partial charge in [-0.15, -0.1) is 0 Å². The Hall–Kier alpha value is -4.45. The van der Waals surface area contributed by atoms with Gasteiger partial charge in [0.15, 0.2) is 5.76 Å². The lowest BCUT2D eigenvalue weighted by molar-refractivity contribution is -0.135. The first-order valence-corrected chi connectivity index (χ1v) is 12.5. The lowest BCUT2D eigenvalue weighted by Crippen LogP contribution is -2.29. The number of nitrogens with one attached hydrogen (secondary N) is 1. The molecule has 6 heteroatoms. The highest BCUT2D eigenvalue weighted by molar-refractivity contribution is 5.95. The number of rotatable bonds is 8. The molecule has 0 saturated carbocycles. The van der Waals surface area contributed by atoms with Crippen molar-refractivity contribution in [3.8, 4) is 22.6 Å². The minimum Gasteiger partial charge on any atom is -0.480 e. The van der Waals surface area contributed by atoms with Gasteiger partial charge in [0.05, 0.1) is 0 Å². The van der Waals surface area contributed by atoms with E-state index in [1.807, 2.05) is 78.9 Å². The zero-order valence-electron chi connectivity index (χ0n) is 20.4. The molecule has 5 rings (SSSR count). The molecule has 37 heavy (non-hydrogen) atoms. The summed E-state index contributed by atoms with van der Waals surface area (Å²) in [6.45, 7) is -0.407. The third kappa shape index (κ3) is 5.70. The molecular weight excluding hydrogens is 464 g/mol. The summed E-state index contributed by atoms with van der Waals surface area (Å²) < 4.78 is 6.48. The van der Waals surface area contributed by atoms with Crippen molar-refractivity contribution in [2.75, 3.05) is 6.54 Å². The smallest absolute Gasteiger partial charge is 0.322 e. The van der Waals surface area contributed by atoms with Crippen molar-refractivity contribution in [2.45, 2.75) is 25.7 Å². The van der Waals surface area contributed by atoms with Crippen molar-refractivity contribution in [3.63, 3.8) is 0 Å². The van der Waals surface area contributed by atoms with E-state index in [0.717, 1.165) is 59.4 Å². The maximum atomic E-state index is 12.4. The standard InChI is InChI=1S/C31H28N2O4/c34-27(35)20-32-30(36)25-16-9-10-21(19-25)18-24-15-7-8-17-26(24)31-33-28(22-11-3-1-4-12-22)29(37-31)23-13-5-2-6-14-23/h1-6,9-14,16-17,19,24H,7-8,15,18,20H2,(H,32,36)(H,34,35). The summed E-state index contributed by atoms with van der Waals surface area (Å²) in [6, 6.07) is 27.5. The van der Waals surface area contributed by atoms with Gasteiger partial charge in [0, 0.05) is 22.3 Å². The maximum absolute atomic E-state index is 12.4. The van der Waals surface area contributed by atoms with Gasteiger partial charge in [-0.1, -0.05) is 78.9 Å². The van der Waals surface area contributed by atoms with E-state index < -0.39 is 18.4 Å². The summed E-state index contributed by atoms with van der Waals surface area (Å²) in [5.74, 6) is 0.118. The summed E-state index contributed by atoms with van der Waals surface area (Å²) in [4.78, 5) is 28.2. The number of oxazole rings is 1. The van der Waals surface area contributed by atoms with Crippen LogP contribution in [0.4, 0.5) is 0 Å². The Morgan fingerprint density at radius 1 is 0.946 bits per heavy atom. The number of aliphatic carboxylic acids is 1. The van der Waals surface area contributed by atoms with Crippen LogP contribution >= 0.6 is 0 Å². The van der Waals surface area contributed by atoms with Gasteiger partial charge < -0.3 is 14.8 Å². The molecule has 1 amide bonds. The first-order valence-electron chi connectivity index (χ1n) is 12.5. The summed E-state index contributed by atoms with van der Waals surface area (Å²) in [7, 11) is 0. The van der Waals surface area contributed by atoms with E-state index >= 15 is 0 Å². The van der Waals surface area contributed by atoms with Crippen molar-refractivity contribution in [2.24, 2.45) is 5.92 Å². The van der Waals surface area contributed by atoms with Crippen LogP contribution in [0.1, 0.15) is 41.1 Å². The number of hydrogen-bond acceptors (Lipinski definition) is 4. The predicted octanol–water partition coefficient (Wildman–Crippen LogP) is 6.25. The lowest BCUT2D eigenvalue weighted by atomic mass is 9.83. The second kappa shape index (κ2) is 11.1. The SMILES string of the molecule is O=C(O)CNC(=O)c1cccc(CC2CCCC=C2c2nc(-c3ccccc3)c(-c3ccccc3)o2)c1. The molecule has 0 fully saturated rings. The van der Waals surface area contributed by atoms with E-state index in [2.05, 4.69) is 11.4 Å². The van der Waals surface area contributed by atoms with E-state index in [9.17, 15) is 9.59 Å². The van der Waals surface area contributed by atoms with Crippen LogP contribution < -0.4 is 5.32 Å². The number of benzene rings is 3. The van der Waals surface area contributed by atoms with E-state index in [1.54, 1.807) is 6.07 Å². The van der Waals surface area contributed by atoms with Gasteiger partial charge >= 0.3 is 5.97 Å². The van der Waals surface area contributed by atoms with Crippen LogP contribution in [0.15, 0.2) is 95.4 Å². The highest BCUT2D eigenvalue weighted by Gasteiger charge is 2.26. The number of nitrogens with zero attached hydrogens (tertiary/aromatic N) is 1. The van der Waals surface area contributed by atoms with Crippen molar-refractivity contribution in [3.05, 3.63) is 108 Å². The Bertz CT molecular complexity index is 1370. The summed E-state index contributed by atoms with van der Waals surface area (Å²) in [6.07, 6.45) is 5.99. The third-order valence-corrected chi connectivity index (χ3v) is 6.59. The second-order valence-electron chi connectivity index (χ2n) is 9.20. The van der Waals surface area contributed by atoms with E-state index in [0.29, 0.717) is 11.5 Å². The monoisotopic (exact) mass is 492 g/mol. The summed E-state index contributed by atoms with van der Waals surface area (Å²) >= 11 is 0. The Morgan fingerprint density at radius 3 is 2.41 bits per heavy atom. The fraction of sp³-hybridized carbons (Fsp3) is 0.194. The average molecular weight is 493 g/mol. The fourth-order valence-electron chi connectivity index (χ4n) is 4.82.